The predicted octanol–water partition coefficient (Wildman–Crippen LogP) is 2.46. The zero-order valence-corrected chi connectivity index (χ0v) is 10.8. The molecule has 2 N–H and O–H groups in total. The van der Waals surface area contributed by atoms with Crippen LogP contribution in [0.25, 0.3) is 0 Å². The van der Waals surface area contributed by atoms with Gasteiger partial charge in [0, 0.05) is 5.41 Å². The first-order chi connectivity index (χ1) is 8.53. The highest BCUT2D eigenvalue weighted by Gasteiger charge is 2.34. The number of benzene rings is 1. The Morgan fingerprint density at radius 3 is 2.67 bits per heavy atom. The summed E-state index contributed by atoms with van der Waals surface area (Å²) in [7, 11) is 0. The minimum atomic E-state index is -0.403. The number of para-hydroxylation sites is 1. The van der Waals surface area contributed by atoms with E-state index in [4.69, 9.17) is 0 Å². The molecule has 1 saturated heterocycles. The fraction of sp³-hybridized carbons (Fsp3) is 0.500. The van der Waals surface area contributed by atoms with Crippen molar-refractivity contribution < 1.29 is 9.18 Å². The third-order valence-corrected chi connectivity index (χ3v) is 3.72. The number of piperidine rings is 1. The maximum Gasteiger partial charge on any atom is 0.230 e. The topological polar surface area (TPSA) is 41.1 Å². The van der Waals surface area contributed by atoms with Gasteiger partial charge in [0.15, 0.2) is 0 Å². The molecule has 1 aromatic carbocycles. The fourth-order valence-electron chi connectivity index (χ4n) is 2.26. The number of carbonyl (C=O) groups excluding carboxylic acids is 1. The number of aryl methyl sites for hydroxylation is 1. The van der Waals surface area contributed by atoms with E-state index in [9.17, 15) is 9.18 Å². The van der Waals surface area contributed by atoms with E-state index in [1.165, 1.54) is 6.07 Å². The Labute approximate surface area is 107 Å². The van der Waals surface area contributed by atoms with Crippen molar-refractivity contribution in [3.8, 4) is 0 Å². The van der Waals surface area contributed by atoms with Gasteiger partial charge in [-0.1, -0.05) is 19.1 Å². The molecule has 4 heteroatoms. The maximum atomic E-state index is 13.7. The Hall–Kier alpha value is -1.42. The van der Waals surface area contributed by atoms with Crippen LogP contribution in [0.5, 0.6) is 0 Å². The molecular formula is C14H19FN2O. The van der Waals surface area contributed by atoms with E-state index in [-0.39, 0.29) is 11.7 Å². The molecule has 1 fully saturated rings. The summed E-state index contributed by atoms with van der Waals surface area (Å²) in [5.41, 5.74) is 0.656. The minimum Gasteiger partial charge on any atom is -0.323 e. The fourth-order valence-corrected chi connectivity index (χ4v) is 2.26. The van der Waals surface area contributed by atoms with E-state index < -0.39 is 5.41 Å². The number of rotatable bonds is 2. The molecular weight excluding hydrogens is 231 g/mol. The van der Waals surface area contributed by atoms with Crippen molar-refractivity contribution in [2.24, 2.45) is 5.41 Å². The van der Waals surface area contributed by atoms with E-state index in [2.05, 4.69) is 10.6 Å². The molecule has 1 heterocycles. The molecule has 0 aromatic heterocycles. The van der Waals surface area contributed by atoms with Crippen molar-refractivity contribution in [1.82, 2.24) is 5.32 Å². The summed E-state index contributed by atoms with van der Waals surface area (Å²) in [4.78, 5) is 12.3. The van der Waals surface area contributed by atoms with Crippen LogP contribution in [-0.4, -0.2) is 19.0 Å². The SMILES string of the molecule is Cc1cccc(F)c1NC(=O)C1(C)CCNCC1. The summed E-state index contributed by atoms with van der Waals surface area (Å²) in [6, 6.07) is 4.81. The van der Waals surface area contributed by atoms with Crippen LogP contribution in [-0.2, 0) is 4.79 Å². The van der Waals surface area contributed by atoms with Crippen molar-refractivity contribution in [3.63, 3.8) is 0 Å². The third kappa shape index (κ3) is 2.53. The Kier molecular flexibility index (Phi) is 3.66. The van der Waals surface area contributed by atoms with Gasteiger partial charge < -0.3 is 10.6 Å². The zero-order valence-electron chi connectivity index (χ0n) is 10.8. The van der Waals surface area contributed by atoms with Crippen LogP contribution in [0.3, 0.4) is 0 Å². The normalized spacial score (nSPS) is 18.4. The number of carbonyl (C=O) groups is 1. The van der Waals surface area contributed by atoms with Crippen molar-refractivity contribution >= 4 is 11.6 Å². The van der Waals surface area contributed by atoms with Crippen LogP contribution < -0.4 is 10.6 Å². The molecule has 0 bridgehead atoms. The number of anilines is 1. The monoisotopic (exact) mass is 250 g/mol. The molecule has 0 atom stereocenters. The molecule has 18 heavy (non-hydrogen) atoms. The molecule has 0 radical (unpaired) electrons. The first-order valence-corrected chi connectivity index (χ1v) is 6.30. The van der Waals surface area contributed by atoms with Crippen molar-refractivity contribution in [1.29, 1.82) is 0 Å². The molecule has 0 aliphatic carbocycles. The van der Waals surface area contributed by atoms with Crippen molar-refractivity contribution in [2.45, 2.75) is 26.7 Å². The number of hydrogen-bond donors (Lipinski definition) is 2. The molecule has 1 aromatic rings. The number of hydrogen-bond acceptors (Lipinski definition) is 2. The number of halogens is 1. The van der Waals surface area contributed by atoms with E-state index in [1.807, 2.05) is 6.92 Å². The van der Waals surface area contributed by atoms with Crippen molar-refractivity contribution in [2.75, 3.05) is 18.4 Å². The lowest BCUT2D eigenvalue weighted by Gasteiger charge is -2.32. The van der Waals surface area contributed by atoms with Gasteiger partial charge in [0.05, 0.1) is 5.69 Å². The van der Waals surface area contributed by atoms with E-state index in [0.29, 0.717) is 5.69 Å². The minimum absolute atomic E-state index is 0.0859. The summed E-state index contributed by atoms with van der Waals surface area (Å²) in [6.07, 6.45) is 1.57. The smallest absolute Gasteiger partial charge is 0.230 e. The highest BCUT2D eigenvalue weighted by atomic mass is 19.1. The first kappa shape index (κ1) is 13.0. The largest absolute Gasteiger partial charge is 0.323 e. The van der Waals surface area contributed by atoms with Crippen LogP contribution in [0.1, 0.15) is 25.3 Å². The predicted molar refractivity (Wildman–Crippen MR) is 70.0 cm³/mol. The Morgan fingerprint density at radius 2 is 2.06 bits per heavy atom. The highest BCUT2D eigenvalue weighted by molar-refractivity contribution is 5.95. The Bertz CT molecular complexity index is 433. The lowest BCUT2D eigenvalue weighted by Crippen LogP contribution is -2.43. The molecule has 98 valence electrons. The molecule has 1 aliphatic rings. The first-order valence-electron chi connectivity index (χ1n) is 6.30. The van der Waals surface area contributed by atoms with Gasteiger partial charge in [0.25, 0.3) is 0 Å². The average Bonchev–Trinajstić information content (AvgIpc) is 2.34. The van der Waals surface area contributed by atoms with Crippen LogP contribution in [0, 0.1) is 18.2 Å². The highest BCUT2D eigenvalue weighted by Crippen LogP contribution is 2.30. The second-order valence-corrected chi connectivity index (χ2v) is 5.20. The summed E-state index contributed by atoms with van der Waals surface area (Å²) >= 11 is 0. The lowest BCUT2D eigenvalue weighted by molar-refractivity contribution is -0.126. The molecule has 2 rings (SSSR count). The van der Waals surface area contributed by atoms with Gasteiger partial charge in [-0.3, -0.25) is 4.79 Å². The zero-order chi connectivity index (χ0) is 13.2. The van der Waals surface area contributed by atoms with E-state index in [1.54, 1.807) is 19.1 Å². The second kappa shape index (κ2) is 5.06. The number of nitrogens with one attached hydrogen (secondary N) is 2. The van der Waals surface area contributed by atoms with E-state index in [0.717, 1.165) is 31.5 Å². The average molecular weight is 250 g/mol. The molecule has 1 amide bonds. The van der Waals surface area contributed by atoms with Gasteiger partial charge in [-0.2, -0.15) is 0 Å². The van der Waals surface area contributed by atoms with Crippen LogP contribution in [0.4, 0.5) is 10.1 Å². The van der Waals surface area contributed by atoms with Crippen LogP contribution >= 0.6 is 0 Å². The van der Waals surface area contributed by atoms with Gasteiger partial charge in [-0.25, -0.2) is 4.39 Å². The van der Waals surface area contributed by atoms with Crippen molar-refractivity contribution in [3.05, 3.63) is 29.6 Å². The standard InChI is InChI=1S/C14H19FN2O/c1-10-4-3-5-11(15)12(10)17-13(18)14(2)6-8-16-9-7-14/h3-5,16H,6-9H2,1-2H3,(H,17,18). The Balaban J connectivity index is 2.16. The summed E-state index contributed by atoms with van der Waals surface area (Å²) in [6.45, 7) is 5.41. The molecule has 1 aliphatic heterocycles. The van der Waals surface area contributed by atoms with Gasteiger partial charge in [-0.05, 0) is 44.5 Å². The summed E-state index contributed by atoms with van der Waals surface area (Å²) in [5, 5.41) is 5.97. The summed E-state index contributed by atoms with van der Waals surface area (Å²) < 4.78 is 13.7. The summed E-state index contributed by atoms with van der Waals surface area (Å²) in [5.74, 6) is -0.460. The third-order valence-electron chi connectivity index (χ3n) is 3.72. The van der Waals surface area contributed by atoms with Gasteiger partial charge >= 0.3 is 0 Å². The molecule has 0 spiro atoms. The van der Waals surface area contributed by atoms with Crippen LogP contribution in [0.15, 0.2) is 18.2 Å². The van der Waals surface area contributed by atoms with Gasteiger partial charge in [0.1, 0.15) is 5.82 Å². The second-order valence-electron chi connectivity index (χ2n) is 5.20. The lowest BCUT2D eigenvalue weighted by atomic mass is 9.80. The quantitative estimate of drug-likeness (QED) is 0.846. The van der Waals surface area contributed by atoms with Gasteiger partial charge in [-0.15, -0.1) is 0 Å². The molecule has 3 nitrogen and oxygen atoms in total. The maximum absolute atomic E-state index is 13.7. The Morgan fingerprint density at radius 1 is 1.39 bits per heavy atom. The van der Waals surface area contributed by atoms with Gasteiger partial charge in [0.2, 0.25) is 5.91 Å². The molecule has 0 saturated carbocycles. The number of amides is 1. The van der Waals surface area contributed by atoms with Crippen LogP contribution in [0.2, 0.25) is 0 Å². The molecule has 0 unspecified atom stereocenters. The van der Waals surface area contributed by atoms with E-state index >= 15 is 0 Å².